The number of hydrogen-bond donors (Lipinski definition) is 2. The van der Waals surface area contributed by atoms with E-state index in [1.165, 1.54) is 18.2 Å². The summed E-state index contributed by atoms with van der Waals surface area (Å²) in [5.74, 6) is -2.96. The molecule has 2 N–H and O–H groups in total. The van der Waals surface area contributed by atoms with E-state index in [0.717, 1.165) is 18.9 Å². The maximum atomic E-state index is 14.7. The van der Waals surface area contributed by atoms with Crippen molar-refractivity contribution in [3.8, 4) is 17.2 Å². The van der Waals surface area contributed by atoms with Gasteiger partial charge in [-0.1, -0.05) is 18.2 Å². The van der Waals surface area contributed by atoms with E-state index in [4.69, 9.17) is 5.26 Å². The molecule has 1 atom stereocenters. The number of benzene rings is 3. The Bertz CT molecular complexity index is 1170. The second-order valence-electron chi connectivity index (χ2n) is 6.89. The summed E-state index contributed by atoms with van der Waals surface area (Å²) in [5.41, 5.74) is 1.48. The van der Waals surface area contributed by atoms with Gasteiger partial charge in [0, 0.05) is 0 Å². The van der Waals surface area contributed by atoms with E-state index in [9.17, 15) is 17.4 Å². The molecule has 1 unspecified atom stereocenters. The predicted molar refractivity (Wildman–Crippen MR) is 111 cm³/mol. The molecule has 30 heavy (non-hydrogen) atoms. The lowest BCUT2D eigenvalue weighted by atomic mass is 10.0. The number of halogens is 3. The minimum absolute atomic E-state index is 0.0191. The molecule has 1 aliphatic rings. The summed E-state index contributed by atoms with van der Waals surface area (Å²) in [6.07, 6.45) is 1.61. The van der Waals surface area contributed by atoms with Crippen molar-refractivity contribution < 1.29 is 17.4 Å². The number of nitrogens with zero attached hydrogens (tertiary/aromatic N) is 1. The summed E-state index contributed by atoms with van der Waals surface area (Å²) >= 11 is 0. The highest BCUT2D eigenvalue weighted by Crippen LogP contribution is 2.35. The van der Waals surface area contributed by atoms with Crippen LogP contribution in [0.2, 0.25) is 0 Å². The maximum Gasteiger partial charge on any atom is 0.184 e. The molecule has 3 aromatic rings. The maximum absolute atomic E-state index is 14.7. The summed E-state index contributed by atoms with van der Waals surface area (Å²) < 4.78 is 57.8. The van der Waals surface area contributed by atoms with Crippen LogP contribution < -0.4 is 10.0 Å². The highest BCUT2D eigenvalue weighted by molar-refractivity contribution is 7.87. The molecule has 0 aliphatic heterocycles. The van der Waals surface area contributed by atoms with Gasteiger partial charge < -0.3 is 10.0 Å². The lowest BCUT2D eigenvalue weighted by molar-refractivity contribution is 0.512. The van der Waals surface area contributed by atoms with Crippen molar-refractivity contribution in [3.05, 3.63) is 77.6 Å². The average Bonchev–Trinajstić information content (AvgIpc) is 3.60. The molecule has 3 aromatic carbocycles. The zero-order chi connectivity index (χ0) is 21.3. The summed E-state index contributed by atoms with van der Waals surface area (Å²) in [6, 6.07) is 15.1. The highest BCUT2D eigenvalue weighted by atomic mass is 32.2. The van der Waals surface area contributed by atoms with Crippen molar-refractivity contribution in [1.29, 1.82) is 5.26 Å². The Morgan fingerprint density at radius 3 is 2.20 bits per heavy atom. The van der Waals surface area contributed by atoms with E-state index >= 15 is 0 Å². The van der Waals surface area contributed by atoms with Crippen molar-refractivity contribution in [1.82, 2.24) is 0 Å². The second kappa shape index (κ2) is 8.20. The molecule has 8 heteroatoms. The fraction of sp³-hybridized carbons (Fsp3) is 0.136. The van der Waals surface area contributed by atoms with Crippen LogP contribution in [-0.4, -0.2) is 9.46 Å². The Labute approximate surface area is 173 Å². The third-order valence-corrected chi connectivity index (χ3v) is 6.21. The van der Waals surface area contributed by atoms with Gasteiger partial charge in [0.15, 0.2) is 11.6 Å². The van der Waals surface area contributed by atoms with Crippen LogP contribution in [0.25, 0.3) is 11.1 Å². The Balaban J connectivity index is 1.63. The van der Waals surface area contributed by atoms with Gasteiger partial charge in [-0.05, 0) is 60.4 Å². The van der Waals surface area contributed by atoms with Gasteiger partial charge >= 0.3 is 0 Å². The zero-order valence-corrected chi connectivity index (χ0v) is 16.4. The standard InChI is InChI=1S/C22H16F3N3OS/c23-17-8-10-20(28-30(29)16-6-7-16)22(21(17)25)27-19-9-5-15(11-18(19)24)14-3-1-13(12-26)2-4-14/h1-5,8-11,16,27-28H,6-7H2. The van der Waals surface area contributed by atoms with E-state index in [1.54, 1.807) is 30.3 Å². The van der Waals surface area contributed by atoms with Gasteiger partial charge in [0.1, 0.15) is 22.5 Å². The van der Waals surface area contributed by atoms with Crippen molar-refractivity contribution in [2.24, 2.45) is 0 Å². The highest BCUT2D eigenvalue weighted by Gasteiger charge is 2.29. The van der Waals surface area contributed by atoms with Crippen LogP contribution in [0.3, 0.4) is 0 Å². The molecule has 152 valence electrons. The number of anilines is 3. The largest absolute Gasteiger partial charge is 0.349 e. The lowest BCUT2D eigenvalue weighted by Gasteiger charge is -2.16. The first kappa shape index (κ1) is 20.0. The molecule has 0 saturated heterocycles. The molecule has 0 heterocycles. The summed E-state index contributed by atoms with van der Waals surface area (Å²) in [4.78, 5) is 0. The van der Waals surface area contributed by atoms with Gasteiger partial charge in [-0.3, -0.25) is 0 Å². The fourth-order valence-corrected chi connectivity index (χ4v) is 4.02. The molecule has 1 aliphatic carbocycles. The quantitative estimate of drug-likeness (QED) is 0.536. The van der Waals surface area contributed by atoms with Gasteiger partial charge in [0.25, 0.3) is 0 Å². The van der Waals surface area contributed by atoms with Crippen molar-refractivity contribution >= 4 is 28.0 Å². The Morgan fingerprint density at radius 2 is 1.57 bits per heavy atom. The van der Waals surface area contributed by atoms with Gasteiger partial charge in [-0.2, -0.15) is 5.26 Å². The lowest BCUT2D eigenvalue weighted by Crippen LogP contribution is -2.12. The minimum atomic E-state index is -1.43. The first-order valence-electron chi connectivity index (χ1n) is 9.18. The SMILES string of the molecule is N#Cc1ccc(-c2ccc(Nc3c(NS(=O)C4CC4)ccc(F)c3F)c(F)c2)cc1. The van der Waals surface area contributed by atoms with Gasteiger partial charge in [-0.15, -0.1) is 0 Å². The van der Waals surface area contributed by atoms with E-state index in [1.807, 2.05) is 6.07 Å². The van der Waals surface area contributed by atoms with Gasteiger partial charge in [0.2, 0.25) is 0 Å². The Morgan fingerprint density at radius 1 is 0.900 bits per heavy atom. The van der Waals surface area contributed by atoms with E-state index in [0.29, 0.717) is 16.7 Å². The fourth-order valence-electron chi connectivity index (χ4n) is 2.90. The average molecular weight is 427 g/mol. The van der Waals surface area contributed by atoms with Crippen molar-refractivity contribution in [3.63, 3.8) is 0 Å². The third kappa shape index (κ3) is 4.16. The van der Waals surface area contributed by atoms with Gasteiger partial charge in [0.05, 0.1) is 28.3 Å². The first-order chi connectivity index (χ1) is 14.5. The van der Waals surface area contributed by atoms with Crippen LogP contribution in [0.1, 0.15) is 18.4 Å². The topological polar surface area (TPSA) is 64.9 Å². The van der Waals surface area contributed by atoms with E-state index in [2.05, 4.69) is 10.0 Å². The van der Waals surface area contributed by atoms with Crippen LogP contribution in [0.15, 0.2) is 54.6 Å². The molecule has 0 bridgehead atoms. The molecular formula is C22H16F3N3OS. The normalized spacial score (nSPS) is 14.1. The molecule has 0 spiro atoms. The van der Waals surface area contributed by atoms with Crippen molar-refractivity contribution in [2.45, 2.75) is 18.1 Å². The molecule has 1 fully saturated rings. The van der Waals surface area contributed by atoms with E-state index in [-0.39, 0.29) is 22.3 Å². The summed E-state index contributed by atoms with van der Waals surface area (Å²) in [5, 5.41) is 11.4. The van der Waals surface area contributed by atoms with Crippen LogP contribution >= 0.6 is 0 Å². The number of nitrogens with one attached hydrogen (secondary N) is 2. The minimum Gasteiger partial charge on any atom is -0.349 e. The zero-order valence-electron chi connectivity index (χ0n) is 15.6. The van der Waals surface area contributed by atoms with E-state index < -0.39 is 28.4 Å². The Kier molecular flexibility index (Phi) is 5.46. The number of rotatable bonds is 6. The molecule has 4 nitrogen and oxygen atoms in total. The Hall–Kier alpha value is -3.31. The number of hydrogen-bond acceptors (Lipinski definition) is 3. The molecule has 1 saturated carbocycles. The van der Waals surface area contributed by atoms with Crippen molar-refractivity contribution in [2.75, 3.05) is 10.0 Å². The summed E-state index contributed by atoms with van der Waals surface area (Å²) in [7, 11) is -1.43. The van der Waals surface area contributed by atoms with Crippen LogP contribution in [-0.2, 0) is 11.0 Å². The molecule has 0 amide bonds. The molecule has 4 rings (SSSR count). The molecule has 0 aromatic heterocycles. The second-order valence-corrected chi connectivity index (χ2v) is 8.36. The monoisotopic (exact) mass is 427 g/mol. The number of nitriles is 1. The third-order valence-electron chi connectivity index (χ3n) is 4.71. The van der Waals surface area contributed by atoms with Crippen LogP contribution in [0, 0.1) is 28.8 Å². The van der Waals surface area contributed by atoms with Gasteiger partial charge in [-0.25, -0.2) is 17.4 Å². The smallest absolute Gasteiger partial charge is 0.184 e. The van der Waals surface area contributed by atoms with Crippen LogP contribution in [0.4, 0.5) is 30.2 Å². The molecule has 0 radical (unpaired) electrons. The summed E-state index contributed by atoms with van der Waals surface area (Å²) in [6.45, 7) is 0. The predicted octanol–water partition coefficient (Wildman–Crippen LogP) is 5.62. The van der Waals surface area contributed by atoms with Crippen LogP contribution in [0.5, 0.6) is 0 Å². The first-order valence-corrected chi connectivity index (χ1v) is 10.4. The molecular weight excluding hydrogens is 411 g/mol.